The zero-order valence-corrected chi connectivity index (χ0v) is 17.3. The number of carbonyl (C=O) groups excluding carboxylic acids is 3. The van der Waals surface area contributed by atoms with E-state index >= 15 is 0 Å². The number of carbonyl (C=O) groups is 3. The van der Waals surface area contributed by atoms with Gasteiger partial charge in [-0.05, 0) is 39.3 Å². The van der Waals surface area contributed by atoms with Crippen molar-refractivity contribution < 1.29 is 23.9 Å². The Morgan fingerprint density at radius 2 is 1.53 bits per heavy atom. The molecule has 1 aliphatic rings. The number of nitrogens with one attached hydrogen (secondary N) is 2. The van der Waals surface area contributed by atoms with Crippen LogP contribution < -0.4 is 10.7 Å². The summed E-state index contributed by atoms with van der Waals surface area (Å²) in [5.41, 5.74) is 2.29. The van der Waals surface area contributed by atoms with Gasteiger partial charge in [-0.3, -0.25) is 4.79 Å². The summed E-state index contributed by atoms with van der Waals surface area (Å²) in [6, 6.07) is 15.7. The molecule has 0 spiro atoms. The number of para-hydroxylation sites is 1. The van der Waals surface area contributed by atoms with Crippen LogP contribution in [0.15, 0.2) is 54.6 Å². The second-order valence-corrected chi connectivity index (χ2v) is 7.41. The molecule has 2 aromatic carbocycles. The van der Waals surface area contributed by atoms with Crippen molar-refractivity contribution in [3.63, 3.8) is 0 Å². The molecule has 0 bridgehead atoms. The number of fused-ring (bicyclic) bond motifs is 1. The molecule has 0 saturated heterocycles. The van der Waals surface area contributed by atoms with E-state index in [2.05, 4.69) is 10.7 Å². The SMILES string of the molecule is CC(C)OC(=O)NN(C(=O)OC(C)C)[C@]1(c2ccccc2)C(=O)Nc2ccccc21. The summed E-state index contributed by atoms with van der Waals surface area (Å²) in [6.45, 7) is 6.72. The van der Waals surface area contributed by atoms with Crippen LogP contribution >= 0.6 is 0 Å². The highest BCUT2D eigenvalue weighted by Gasteiger charge is 2.56. The molecule has 8 heteroatoms. The molecule has 0 radical (unpaired) electrons. The van der Waals surface area contributed by atoms with Gasteiger partial charge in [0.1, 0.15) is 0 Å². The maximum Gasteiger partial charge on any atom is 0.430 e. The molecule has 0 fully saturated rings. The van der Waals surface area contributed by atoms with Gasteiger partial charge in [-0.2, -0.15) is 5.01 Å². The molecule has 1 aliphatic heterocycles. The lowest BCUT2D eigenvalue weighted by Gasteiger charge is -2.38. The van der Waals surface area contributed by atoms with Crippen LogP contribution in [0.2, 0.25) is 0 Å². The molecule has 158 valence electrons. The fourth-order valence-corrected chi connectivity index (χ4v) is 3.41. The van der Waals surface area contributed by atoms with Crippen LogP contribution in [0.4, 0.5) is 15.3 Å². The minimum absolute atomic E-state index is 0.426. The van der Waals surface area contributed by atoms with E-state index in [1.807, 2.05) is 0 Å². The van der Waals surface area contributed by atoms with Crippen LogP contribution in [0, 0.1) is 0 Å². The fourth-order valence-electron chi connectivity index (χ4n) is 3.41. The molecule has 2 aromatic rings. The highest BCUT2D eigenvalue weighted by Crippen LogP contribution is 2.45. The summed E-state index contributed by atoms with van der Waals surface area (Å²) < 4.78 is 10.5. The molecule has 0 saturated carbocycles. The number of ether oxygens (including phenoxy) is 2. The Morgan fingerprint density at radius 3 is 2.17 bits per heavy atom. The van der Waals surface area contributed by atoms with Gasteiger partial charge in [0, 0.05) is 11.3 Å². The summed E-state index contributed by atoms with van der Waals surface area (Å²) in [5.74, 6) is -0.500. The van der Waals surface area contributed by atoms with Gasteiger partial charge in [0.15, 0.2) is 5.54 Å². The molecule has 3 amide bonds. The minimum Gasteiger partial charge on any atom is -0.446 e. The number of nitrogens with zero attached hydrogens (tertiary/aromatic N) is 1. The number of rotatable bonds is 4. The summed E-state index contributed by atoms with van der Waals surface area (Å²) in [7, 11) is 0. The Hall–Kier alpha value is -3.55. The molecular weight excluding hydrogens is 386 g/mol. The predicted molar refractivity (Wildman–Crippen MR) is 111 cm³/mol. The first-order valence-corrected chi connectivity index (χ1v) is 9.71. The summed E-state index contributed by atoms with van der Waals surface area (Å²) in [5, 5.41) is 3.72. The van der Waals surface area contributed by atoms with Crippen molar-refractivity contribution in [1.29, 1.82) is 0 Å². The summed E-state index contributed by atoms with van der Waals surface area (Å²) >= 11 is 0. The topological polar surface area (TPSA) is 97.0 Å². The smallest absolute Gasteiger partial charge is 0.430 e. The normalized spacial score (nSPS) is 17.3. The van der Waals surface area contributed by atoms with E-state index in [0.29, 0.717) is 16.8 Å². The number of amides is 3. The number of benzene rings is 2. The van der Waals surface area contributed by atoms with Gasteiger partial charge in [-0.25, -0.2) is 15.0 Å². The van der Waals surface area contributed by atoms with E-state index in [0.717, 1.165) is 5.01 Å². The summed E-state index contributed by atoms with van der Waals surface area (Å²) in [6.07, 6.45) is -2.67. The van der Waals surface area contributed by atoms with Crippen molar-refractivity contribution in [2.24, 2.45) is 0 Å². The Balaban J connectivity index is 2.21. The first kappa shape index (κ1) is 21.2. The number of anilines is 1. The molecule has 30 heavy (non-hydrogen) atoms. The molecule has 0 aromatic heterocycles. The monoisotopic (exact) mass is 411 g/mol. The standard InChI is InChI=1S/C22H25N3O5/c1-14(2)29-20(27)24-25(21(28)30-15(3)4)22(16-10-6-5-7-11-16)17-12-8-9-13-18(17)23-19(22)26/h5-15H,1-4H3,(H,23,26)(H,24,27)/t22-/m0/s1. The lowest BCUT2D eigenvalue weighted by molar-refractivity contribution is -0.126. The molecule has 1 atom stereocenters. The van der Waals surface area contributed by atoms with Crippen LogP contribution in [0.3, 0.4) is 0 Å². The third kappa shape index (κ3) is 3.80. The molecule has 0 aliphatic carbocycles. The van der Waals surface area contributed by atoms with Gasteiger partial charge in [-0.1, -0.05) is 48.5 Å². The Morgan fingerprint density at radius 1 is 0.933 bits per heavy atom. The van der Waals surface area contributed by atoms with Crippen LogP contribution in [0.5, 0.6) is 0 Å². The average molecular weight is 411 g/mol. The van der Waals surface area contributed by atoms with Gasteiger partial charge in [-0.15, -0.1) is 0 Å². The van der Waals surface area contributed by atoms with E-state index in [-0.39, 0.29) is 0 Å². The van der Waals surface area contributed by atoms with Crippen LogP contribution in [-0.2, 0) is 19.8 Å². The quantitative estimate of drug-likeness (QED) is 0.747. The van der Waals surface area contributed by atoms with Crippen molar-refractivity contribution in [3.05, 3.63) is 65.7 Å². The highest BCUT2D eigenvalue weighted by molar-refractivity contribution is 6.10. The van der Waals surface area contributed by atoms with Gasteiger partial charge in [0.25, 0.3) is 5.91 Å². The van der Waals surface area contributed by atoms with E-state index in [9.17, 15) is 14.4 Å². The molecule has 0 unspecified atom stereocenters. The maximum absolute atomic E-state index is 13.4. The van der Waals surface area contributed by atoms with Gasteiger partial charge in [0.05, 0.1) is 12.2 Å². The lowest BCUT2D eigenvalue weighted by atomic mass is 9.83. The molecule has 1 heterocycles. The minimum atomic E-state index is -1.68. The van der Waals surface area contributed by atoms with Crippen molar-refractivity contribution in [2.75, 3.05) is 5.32 Å². The largest absolute Gasteiger partial charge is 0.446 e. The van der Waals surface area contributed by atoms with Gasteiger partial charge >= 0.3 is 12.2 Å². The van der Waals surface area contributed by atoms with Gasteiger partial charge in [0.2, 0.25) is 0 Å². The first-order valence-electron chi connectivity index (χ1n) is 9.71. The summed E-state index contributed by atoms with van der Waals surface area (Å²) in [4.78, 5) is 39.1. The van der Waals surface area contributed by atoms with E-state index in [4.69, 9.17) is 9.47 Å². The predicted octanol–water partition coefficient (Wildman–Crippen LogP) is 3.78. The molecule has 2 N–H and O–H groups in total. The number of hydrazine groups is 1. The molecular formula is C22H25N3O5. The third-order valence-corrected chi connectivity index (χ3v) is 4.49. The van der Waals surface area contributed by atoms with E-state index < -0.39 is 35.8 Å². The third-order valence-electron chi connectivity index (χ3n) is 4.49. The Kier molecular flexibility index (Phi) is 5.96. The Bertz CT molecular complexity index is 945. The van der Waals surface area contributed by atoms with Crippen LogP contribution in [0.25, 0.3) is 0 Å². The average Bonchev–Trinajstić information content (AvgIpc) is 2.98. The number of hydrogen-bond donors (Lipinski definition) is 2. The van der Waals surface area contributed by atoms with Crippen molar-refractivity contribution in [3.8, 4) is 0 Å². The van der Waals surface area contributed by atoms with Gasteiger partial charge < -0.3 is 14.8 Å². The van der Waals surface area contributed by atoms with E-state index in [1.54, 1.807) is 82.3 Å². The van der Waals surface area contributed by atoms with E-state index in [1.165, 1.54) is 0 Å². The second kappa shape index (κ2) is 8.44. The fraction of sp³-hybridized carbons (Fsp3) is 0.318. The molecule has 3 rings (SSSR count). The number of hydrogen-bond acceptors (Lipinski definition) is 5. The highest BCUT2D eigenvalue weighted by atomic mass is 16.6. The van der Waals surface area contributed by atoms with Crippen LogP contribution in [0.1, 0.15) is 38.8 Å². The second-order valence-electron chi connectivity index (χ2n) is 7.41. The van der Waals surface area contributed by atoms with Crippen LogP contribution in [-0.4, -0.2) is 35.3 Å². The Labute approximate surface area is 175 Å². The maximum atomic E-state index is 13.4. The van der Waals surface area contributed by atoms with Crippen molar-refractivity contribution in [2.45, 2.75) is 45.4 Å². The zero-order chi connectivity index (χ0) is 21.9. The first-order chi connectivity index (χ1) is 14.3. The van der Waals surface area contributed by atoms with Crippen molar-refractivity contribution in [1.82, 2.24) is 10.4 Å². The molecule has 8 nitrogen and oxygen atoms in total. The lowest BCUT2D eigenvalue weighted by Crippen LogP contribution is -2.62. The zero-order valence-electron chi connectivity index (χ0n) is 17.3. The van der Waals surface area contributed by atoms with Crippen molar-refractivity contribution >= 4 is 23.8 Å².